The van der Waals surface area contributed by atoms with Gasteiger partial charge in [0.2, 0.25) is 0 Å². The molecule has 0 aromatic carbocycles. The van der Waals surface area contributed by atoms with Crippen LogP contribution in [0.4, 0.5) is 0 Å². The second kappa shape index (κ2) is 5.77. The first-order valence-electron chi connectivity index (χ1n) is 8.09. The van der Waals surface area contributed by atoms with E-state index in [0.717, 1.165) is 37.4 Å². The van der Waals surface area contributed by atoms with Crippen LogP contribution in [0.15, 0.2) is 18.2 Å². The summed E-state index contributed by atoms with van der Waals surface area (Å²) in [5.74, 6) is 0.294. The Hall–Kier alpha value is -2.21. The van der Waals surface area contributed by atoms with Crippen LogP contribution in [-0.4, -0.2) is 45.7 Å². The van der Waals surface area contributed by atoms with Gasteiger partial charge in [0.15, 0.2) is 0 Å². The molecule has 0 bridgehead atoms. The third-order valence-corrected chi connectivity index (χ3v) is 4.70. The highest BCUT2D eigenvalue weighted by molar-refractivity contribution is 5.92. The molecule has 1 saturated heterocycles. The lowest BCUT2D eigenvalue weighted by Gasteiger charge is -2.17. The molecule has 2 aromatic heterocycles. The molecule has 0 aliphatic carbocycles. The lowest BCUT2D eigenvalue weighted by atomic mass is 9.98. The standard InChI is InChI=1S/C17H20N4O2/c1-11-3-2-4-15(18-11)17(22)21-7-5-12(9-21)16-13-10-23-8-6-14(13)19-20-16/h2-4,12H,5-10H2,1H3,(H,19,20). The van der Waals surface area contributed by atoms with Gasteiger partial charge in [-0.3, -0.25) is 9.89 Å². The molecular weight excluding hydrogens is 292 g/mol. The van der Waals surface area contributed by atoms with Crippen molar-refractivity contribution in [3.05, 3.63) is 46.5 Å². The third-order valence-electron chi connectivity index (χ3n) is 4.70. The van der Waals surface area contributed by atoms with Crippen molar-refractivity contribution in [2.24, 2.45) is 0 Å². The molecule has 4 heterocycles. The molecule has 120 valence electrons. The van der Waals surface area contributed by atoms with Crippen LogP contribution in [0.25, 0.3) is 0 Å². The number of nitrogens with zero attached hydrogens (tertiary/aromatic N) is 3. The van der Waals surface area contributed by atoms with Crippen molar-refractivity contribution >= 4 is 5.91 Å². The minimum absolute atomic E-state index is 0.0110. The summed E-state index contributed by atoms with van der Waals surface area (Å²) >= 11 is 0. The molecule has 6 nitrogen and oxygen atoms in total. The van der Waals surface area contributed by atoms with Crippen molar-refractivity contribution in [3.63, 3.8) is 0 Å². The van der Waals surface area contributed by atoms with Gasteiger partial charge in [0.25, 0.3) is 5.91 Å². The van der Waals surface area contributed by atoms with Crippen molar-refractivity contribution in [3.8, 4) is 0 Å². The van der Waals surface area contributed by atoms with Gasteiger partial charge in [0.1, 0.15) is 5.69 Å². The molecule has 2 aliphatic rings. The number of pyridine rings is 1. The average Bonchev–Trinajstić information content (AvgIpc) is 3.20. The molecule has 0 radical (unpaired) electrons. The summed E-state index contributed by atoms with van der Waals surface area (Å²) in [6.07, 6.45) is 1.83. The summed E-state index contributed by atoms with van der Waals surface area (Å²) < 4.78 is 5.56. The van der Waals surface area contributed by atoms with E-state index in [9.17, 15) is 4.79 Å². The van der Waals surface area contributed by atoms with E-state index >= 15 is 0 Å². The zero-order chi connectivity index (χ0) is 15.8. The Morgan fingerprint density at radius 2 is 2.35 bits per heavy atom. The molecule has 6 heteroatoms. The first-order valence-corrected chi connectivity index (χ1v) is 8.09. The minimum atomic E-state index is 0.0110. The Bertz CT molecular complexity index is 740. The molecule has 4 rings (SSSR count). The maximum Gasteiger partial charge on any atom is 0.272 e. The molecule has 1 fully saturated rings. The lowest BCUT2D eigenvalue weighted by molar-refractivity contribution is 0.0784. The molecule has 1 atom stereocenters. The second-order valence-electron chi connectivity index (χ2n) is 6.27. The van der Waals surface area contributed by atoms with E-state index in [2.05, 4.69) is 15.2 Å². The van der Waals surface area contributed by atoms with Gasteiger partial charge in [0.05, 0.1) is 18.9 Å². The fraction of sp³-hybridized carbons (Fsp3) is 0.471. The molecule has 2 aromatic rings. The summed E-state index contributed by atoms with van der Waals surface area (Å²) in [6, 6.07) is 5.57. The van der Waals surface area contributed by atoms with Gasteiger partial charge >= 0.3 is 0 Å². The van der Waals surface area contributed by atoms with E-state index in [1.807, 2.05) is 24.0 Å². The quantitative estimate of drug-likeness (QED) is 0.918. The number of likely N-dealkylation sites (tertiary alicyclic amines) is 1. The van der Waals surface area contributed by atoms with Crippen molar-refractivity contribution in [1.29, 1.82) is 0 Å². The second-order valence-corrected chi connectivity index (χ2v) is 6.27. The molecular formula is C17H20N4O2. The van der Waals surface area contributed by atoms with E-state index < -0.39 is 0 Å². The van der Waals surface area contributed by atoms with E-state index in [1.165, 1.54) is 11.3 Å². The molecule has 23 heavy (non-hydrogen) atoms. The minimum Gasteiger partial charge on any atom is -0.376 e. The molecule has 0 saturated carbocycles. The van der Waals surface area contributed by atoms with Gasteiger partial charge in [-0.2, -0.15) is 5.10 Å². The highest BCUT2D eigenvalue weighted by Gasteiger charge is 2.32. The zero-order valence-electron chi connectivity index (χ0n) is 13.2. The Labute approximate surface area is 134 Å². The molecule has 2 aliphatic heterocycles. The number of carbonyl (C=O) groups is 1. The monoisotopic (exact) mass is 312 g/mol. The number of hydrogen-bond acceptors (Lipinski definition) is 4. The molecule has 1 amide bonds. The molecule has 1 N–H and O–H groups in total. The molecule has 0 spiro atoms. The topological polar surface area (TPSA) is 71.1 Å². The third kappa shape index (κ3) is 2.63. The number of nitrogens with one attached hydrogen (secondary N) is 1. The summed E-state index contributed by atoms with van der Waals surface area (Å²) in [6.45, 7) is 4.74. The van der Waals surface area contributed by atoms with Gasteiger partial charge in [-0.25, -0.2) is 4.98 Å². The van der Waals surface area contributed by atoms with Crippen LogP contribution in [0, 0.1) is 6.92 Å². The number of aryl methyl sites for hydroxylation is 1. The van der Waals surface area contributed by atoms with E-state index in [4.69, 9.17) is 4.74 Å². The number of H-pyrrole nitrogens is 1. The highest BCUT2D eigenvalue weighted by atomic mass is 16.5. The normalized spacial score (nSPS) is 20.6. The van der Waals surface area contributed by atoms with Crippen LogP contribution in [0.5, 0.6) is 0 Å². The van der Waals surface area contributed by atoms with Gasteiger partial charge < -0.3 is 9.64 Å². The van der Waals surface area contributed by atoms with Crippen LogP contribution in [0.3, 0.4) is 0 Å². The van der Waals surface area contributed by atoms with Crippen LogP contribution >= 0.6 is 0 Å². The number of aromatic amines is 1. The first kappa shape index (κ1) is 14.4. The van der Waals surface area contributed by atoms with E-state index in [1.54, 1.807) is 6.07 Å². The number of ether oxygens (including phenoxy) is 1. The fourth-order valence-corrected chi connectivity index (χ4v) is 3.46. The van der Waals surface area contributed by atoms with Gasteiger partial charge in [-0.05, 0) is 25.5 Å². The number of hydrogen-bond donors (Lipinski definition) is 1. The zero-order valence-corrected chi connectivity index (χ0v) is 13.2. The smallest absolute Gasteiger partial charge is 0.272 e. The maximum absolute atomic E-state index is 12.6. The number of carbonyl (C=O) groups excluding carboxylic acids is 1. The summed E-state index contributed by atoms with van der Waals surface area (Å²) in [5, 5.41) is 7.64. The van der Waals surface area contributed by atoms with Crippen molar-refractivity contribution in [1.82, 2.24) is 20.1 Å². The van der Waals surface area contributed by atoms with Crippen LogP contribution in [0.2, 0.25) is 0 Å². The van der Waals surface area contributed by atoms with Crippen LogP contribution in [-0.2, 0) is 17.8 Å². The number of fused-ring (bicyclic) bond motifs is 1. The van der Waals surface area contributed by atoms with Crippen molar-refractivity contribution in [2.75, 3.05) is 19.7 Å². The molecule has 1 unspecified atom stereocenters. The van der Waals surface area contributed by atoms with Crippen molar-refractivity contribution < 1.29 is 9.53 Å². The Kier molecular flexibility index (Phi) is 3.61. The van der Waals surface area contributed by atoms with Gasteiger partial charge in [-0.1, -0.05) is 6.07 Å². The predicted molar refractivity (Wildman–Crippen MR) is 84.2 cm³/mol. The van der Waals surface area contributed by atoms with Crippen molar-refractivity contribution in [2.45, 2.75) is 32.3 Å². The maximum atomic E-state index is 12.6. The Balaban J connectivity index is 1.51. The SMILES string of the molecule is Cc1cccc(C(=O)N2CCC(c3n[nH]c4c3COCC4)C2)n1. The van der Waals surface area contributed by atoms with E-state index in [-0.39, 0.29) is 11.8 Å². The summed E-state index contributed by atoms with van der Waals surface area (Å²) in [4.78, 5) is 18.8. The summed E-state index contributed by atoms with van der Waals surface area (Å²) in [7, 11) is 0. The fourth-order valence-electron chi connectivity index (χ4n) is 3.46. The highest BCUT2D eigenvalue weighted by Crippen LogP contribution is 2.31. The Morgan fingerprint density at radius 1 is 1.43 bits per heavy atom. The Morgan fingerprint density at radius 3 is 3.22 bits per heavy atom. The summed E-state index contributed by atoms with van der Waals surface area (Å²) in [5.41, 5.74) is 4.86. The van der Waals surface area contributed by atoms with Crippen LogP contribution in [0.1, 0.15) is 45.5 Å². The lowest BCUT2D eigenvalue weighted by Crippen LogP contribution is -2.29. The van der Waals surface area contributed by atoms with Crippen LogP contribution < -0.4 is 0 Å². The number of rotatable bonds is 2. The predicted octanol–water partition coefficient (Wildman–Crippen LogP) is 1.82. The largest absolute Gasteiger partial charge is 0.376 e. The first-order chi connectivity index (χ1) is 11.2. The number of aromatic nitrogens is 3. The van der Waals surface area contributed by atoms with Gasteiger partial charge in [0, 0.05) is 42.4 Å². The van der Waals surface area contributed by atoms with E-state index in [0.29, 0.717) is 18.8 Å². The average molecular weight is 312 g/mol. The number of amides is 1. The van der Waals surface area contributed by atoms with Gasteiger partial charge in [-0.15, -0.1) is 0 Å².